The van der Waals surface area contributed by atoms with E-state index < -0.39 is 13.7 Å². The van der Waals surface area contributed by atoms with E-state index in [1.807, 2.05) is 83.6 Å². The van der Waals surface area contributed by atoms with Crippen LogP contribution in [0, 0.1) is 20.0 Å². The van der Waals surface area contributed by atoms with Crippen LogP contribution in [-0.4, -0.2) is 14.1 Å². The van der Waals surface area contributed by atoms with Crippen molar-refractivity contribution >= 4 is 54.8 Å². The molecule has 1 aliphatic heterocycles. The third-order valence-electron chi connectivity index (χ3n) is 16.5. The van der Waals surface area contributed by atoms with Crippen LogP contribution >= 0.6 is 0 Å². The molecule has 396 valence electrons. The fourth-order valence-electron chi connectivity index (χ4n) is 12.4. The molecule has 0 bridgehead atoms. The van der Waals surface area contributed by atoms with Crippen LogP contribution in [-0.2, 0) is 10.8 Å². The Balaban J connectivity index is 1.03. The molecule has 4 aromatic heterocycles. The number of furan rings is 1. The zero-order valence-corrected chi connectivity index (χ0v) is 46.4. The van der Waals surface area contributed by atoms with E-state index in [0.29, 0.717) is 28.3 Å². The van der Waals surface area contributed by atoms with Crippen LogP contribution < -0.4 is 9.30 Å². The molecule has 6 nitrogen and oxygen atoms in total. The molecule has 0 N–H and O–H groups in total. The molecule has 0 radical (unpaired) electrons. The lowest BCUT2D eigenvalue weighted by atomic mass is 9.81. The molecule has 14 aromatic rings. The highest BCUT2D eigenvalue weighted by Crippen LogP contribution is 2.49. The maximum atomic E-state index is 8.93. The van der Waals surface area contributed by atoms with Gasteiger partial charge in [0.1, 0.15) is 28.5 Å². The van der Waals surface area contributed by atoms with Crippen molar-refractivity contribution in [3.63, 3.8) is 0 Å². The Kier molecular flexibility index (Phi) is 9.66. The minimum Gasteiger partial charge on any atom is -0.458 e. The van der Waals surface area contributed by atoms with E-state index in [4.69, 9.17) is 22.4 Å². The van der Waals surface area contributed by atoms with Gasteiger partial charge in [0.25, 0.3) is 6.33 Å². The van der Waals surface area contributed by atoms with Crippen LogP contribution in [0.1, 0.15) is 72.0 Å². The van der Waals surface area contributed by atoms with Gasteiger partial charge in [-0.05, 0) is 175 Å². The van der Waals surface area contributed by atoms with Gasteiger partial charge in [-0.1, -0.05) is 175 Å². The largest absolute Gasteiger partial charge is 0.458 e. The van der Waals surface area contributed by atoms with E-state index in [1.54, 1.807) is 0 Å². The Labute approximate surface area is 486 Å². The molecule has 5 heterocycles. The summed E-state index contributed by atoms with van der Waals surface area (Å²) in [5, 5.41) is 4.17. The van der Waals surface area contributed by atoms with E-state index in [1.165, 1.54) is 23.8 Å². The molecule has 0 saturated heterocycles. The van der Waals surface area contributed by atoms with Gasteiger partial charge in [0.15, 0.2) is 0 Å². The Morgan fingerprint density at radius 1 is 0.476 bits per heavy atom. The smallest absolute Gasteiger partial charge is 0.269 e. The molecular weight excluding hydrogens is 1000 g/mol. The van der Waals surface area contributed by atoms with Crippen LogP contribution in [0.4, 0.5) is 0 Å². The standard InChI is InChI=1S/C76H60N4O2/c1-46-19-17-20-47(2)72(46)49-38-64-57-25-11-9-23-55(57)56-24-10-12-26-58(56)65-41-51(76(6,7)8)40-62(48-31-34-70-63(37-48)61-28-14-16-30-69(61)82-70)73(65)79-45-78(68(39-49)74(64)79)52-21-18-22-53(43-52)81-54-32-33-60-59-27-13-15-29-66(59)80(67(60)44-54)71-42-50(35-36-77-71)75(3,4)5/h9-44H,1-8H3/i1D3,2D3. The topological polar surface area (TPSA) is 49.0 Å². The van der Waals surface area contributed by atoms with Gasteiger partial charge in [0.05, 0.1) is 33.4 Å². The number of ether oxygens (including phenoxy) is 1. The summed E-state index contributed by atoms with van der Waals surface area (Å²) < 4.78 is 73.3. The summed E-state index contributed by atoms with van der Waals surface area (Å²) in [6, 6.07) is 71.2. The number of nitrogens with zero attached hydrogens (tertiary/aromatic N) is 4. The molecule has 6 heteroatoms. The maximum absolute atomic E-state index is 8.93. The number of rotatable bonds is 6. The fourth-order valence-corrected chi connectivity index (χ4v) is 12.4. The summed E-state index contributed by atoms with van der Waals surface area (Å²) in [5.74, 6) is 1.99. The number of fused-ring (bicyclic) bond motifs is 13. The lowest BCUT2D eigenvalue weighted by Crippen LogP contribution is -2.32. The van der Waals surface area contributed by atoms with E-state index >= 15 is 0 Å². The normalized spacial score (nSPS) is 13.8. The number of imidazole rings is 1. The summed E-state index contributed by atoms with van der Waals surface area (Å²) in [7, 11) is 0. The van der Waals surface area contributed by atoms with Gasteiger partial charge in [-0.25, -0.2) is 4.98 Å². The van der Waals surface area contributed by atoms with Crippen molar-refractivity contribution in [3.05, 3.63) is 247 Å². The Bertz CT molecular complexity index is 5170. The number of hydrogen-bond acceptors (Lipinski definition) is 3. The van der Waals surface area contributed by atoms with Crippen molar-refractivity contribution in [1.82, 2.24) is 14.1 Å². The molecule has 82 heavy (non-hydrogen) atoms. The molecule has 15 rings (SSSR count). The third kappa shape index (κ3) is 7.91. The SMILES string of the molecule is [2H]C([2H])([2H])c1cccc(C([2H])([2H])[2H])c1-c1cc2c3c(c1)n(-c1cccc(Oc4ccc5c6ccccc6n(-c6cc(C(C)(C)C)ccn6)c5c4)c1)[c-][n+]3-c1c(-c3ccc4oc5ccccc5c4c3)cc(C(C)(C)C)cc1-c1ccccc1-c1ccccc1-2. The maximum Gasteiger partial charge on any atom is 0.269 e. The van der Waals surface area contributed by atoms with Crippen LogP contribution in [0.5, 0.6) is 11.5 Å². The highest BCUT2D eigenvalue weighted by atomic mass is 16.5. The van der Waals surface area contributed by atoms with Crippen LogP contribution in [0.25, 0.3) is 128 Å². The minimum atomic E-state index is -2.67. The predicted octanol–water partition coefficient (Wildman–Crippen LogP) is 19.8. The summed E-state index contributed by atoms with van der Waals surface area (Å²) in [4.78, 5) is 4.92. The van der Waals surface area contributed by atoms with Crippen LogP contribution in [0.15, 0.2) is 223 Å². The Morgan fingerprint density at radius 2 is 1.12 bits per heavy atom. The monoisotopic (exact) mass is 1070 g/mol. The molecule has 0 aliphatic carbocycles. The van der Waals surface area contributed by atoms with Crippen molar-refractivity contribution in [1.29, 1.82) is 0 Å². The summed E-state index contributed by atoms with van der Waals surface area (Å²) in [6.45, 7) is 8.01. The highest BCUT2D eigenvalue weighted by molar-refractivity contribution is 6.10. The number of hydrogen-bond donors (Lipinski definition) is 0. The molecule has 0 atom stereocenters. The van der Waals surface area contributed by atoms with Crippen molar-refractivity contribution in [3.8, 4) is 84.3 Å². The minimum absolute atomic E-state index is 0.0575. The summed E-state index contributed by atoms with van der Waals surface area (Å²) in [6.07, 6.45) is 5.84. The van der Waals surface area contributed by atoms with Crippen molar-refractivity contribution < 1.29 is 21.9 Å². The van der Waals surface area contributed by atoms with Crippen molar-refractivity contribution in [2.75, 3.05) is 0 Å². The number of para-hydroxylation sites is 2. The van der Waals surface area contributed by atoms with Gasteiger partial charge in [-0.15, -0.1) is 0 Å². The van der Waals surface area contributed by atoms with Gasteiger partial charge in [-0.2, -0.15) is 0 Å². The molecule has 1 aliphatic rings. The average Bonchev–Trinajstić information content (AvgIpc) is 1.63. The lowest BCUT2D eigenvalue weighted by molar-refractivity contribution is -0.570. The Hall–Kier alpha value is -9.78. The summed E-state index contributed by atoms with van der Waals surface area (Å²) in [5.41, 5.74) is 16.3. The van der Waals surface area contributed by atoms with Gasteiger partial charge in [0.2, 0.25) is 0 Å². The molecule has 10 aromatic carbocycles. The second-order valence-corrected chi connectivity index (χ2v) is 23.7. The first-order valence-corrected chi connectivity index (χ1v) is 27.9. The average molecular weight is 1070 g/mol. The second kappa shape index (κ2) is 18.4. The molecule has 0 saturated carbocycles. The first kappa shape index (κ1) is 43.1. The zero-order chi connectivity index (χ0) is 60.8. The lowest BCUT2D eigenvalue weighted by Gasteiger charge is -2.26. The molecule has 0 unspecified atom stereocenters. The van der Waals surface area contributed by atoms with E-state index in [0.717, 1.165) is 111 Å². The van der Waals surface area contributed by atoms with Crippen LogP contribution in [0.2, 0.25) is 0 Å². The van der Waals surface area contributed by atoms with Crippen molar-refractivity contribution in [2.24, 2.45) is 0 Å². The predicted molar refractivity (Wildman–Crippen MR) is 337 cm³/mol. The first-order chi connectivity index (χ1) is 42.2. The molecule has 0 fully saturated rings. The van der Waals surface area contributed by atoms with Crippen LogP contribution in [0.3, 0.4) is 0 Å². The number of aryl methyl sites for hydroxylation is 2. The molecule has 0 spiro atoms. The fraction of sp³-hybridized carbons (Fsp3) is 0.132. The van der Waals surface area contributed by atoms with Gasteiger partial charge >= 0.3 is 0 Å². The quantitative estimate of drug-likeness (QED) is 0.123. The van der Waals surface area contributed by atoms with Gasteiger partial charge in [-0.3, -0.25) is 13.7 Å². The van der Waals surface area contributed by atoms with Gasteiger partial charge in [0, 0.05) is 42.0 Å². The third-order valence-corrected chi connectivity index (χ3v) is 16.5. The molecular formula is C76H60N4O2. The Morgan fingerprint density at radius 3 is 1.88 bits per heavy atom. The second-order valence-electron chi connectivity index (χ2n) is 23.7. The zero-order valence-electron chi connectivity index (χ0n) is 52.4. The highest BCUT2D eigenvalue weighted by Gasteiger charge is 2.30. The van der Waals surface area contributed by atoms with Gasteiger partial charge < -0.3 is 9.15 Å². The molecule has 0 amide bonds. The first-order valence-electron chi connectivity index (χ1n) is 30.9. The summed E-state index contributed by atoms with van der Waals surface area (Å²) >= 11 is 0. The van der Waals surface area contributed by atoms with E-state index in [9.17, 15) is 0 Å². The van der Waals surface area contributed by atoms with E-state index in [2.05, 4.69) is 178 Å². The van der Waals surface area contributed by atoms with E-state index in [-0.39, 0.29) is 27.5 Å². The van der Waals surface area contributed by atoms with Crippen molar-refractivity contribution in [2.45, 2.75) is 66.1 Å². The number of aromatic nitrogens is 4. The number of pyridine rings is 1. The number of benzene rings is 10.